The van der Waals surface area contributed by atoms with Crippen molar-refractivity contribution in [1.29, 1.82) is 0 Å². The molecule has 3 nitrogen and oxygen atoms in total. The summed E-state index contributed by atoms with van der Waals surface area (Å²) in [5, 5.41) is 0. The molecule has 2 rings (SSSR count). The third-order valence-electron chi connectivity index (χ3n) is 2.86. The van der Waals surface area contributed by atoms with E-state index in [1.54, 1.807) is 10.8 Å². The predicted octanol–water partition coefficient (Wildman–Crippen LogP) is 4.53. The Bertz CT molecular complexity index is 618. The second kappa shape index (κ2) is 6.44. The van der Waals surface area contributed by atoms with Crippen molar-refractivity contribution in [2.75, 3.05) is 0 Å². The van der Waals surface area contributed by atoms with Crippen LogP contribution in [0.25, 0.3) is 6.08 Å². The highest BCUT2D eigenvalue weighted by Crippen LogP contribution is 2.12. The minimum Gasteiger partial charge on any atom is -0.443 e. The number of carbonyl (C=O) groups excluding carboxylic acids is 1. The lowest BCUT2D eigenvalue weighted by atomic mass is 10.2. The van der Waals surface area contributed by atoms with Gasteiger partial charge in [0.25, 0.3) is 0 Å². The molecule has 0 N–H and O–H groups in total. The Balaban J connectivity index is 2.04. The molecule has 0 aliphatic rings. The summed E-state index contributed by atoms with van der Waals surface area (Å²) in [4.78, 5) is 12.1. The first-order valence-corrected chi connectivity index (χ1v) is 7.07. The van der Waals surface area contributed by atoms with Gasteiger partial charge in [0.2, 0.25) is 0 Å². The lowest BCUT2D eigenvalue weighted by Gasteiger charge is -2.20. The van der Waals surface area contributed by atoms with E-state index in [1.165, 1.54) is 0 Å². The van der Waals surface area contributed by atoms with E-state index in [2.05, 4.69) is 0 Å². The van der Waals surface area contributed by atoms with Crippen LogP contribution in [-0.4, -0.2) is 16.3 Å². The third-order valence-corrected chi connectivity index (χ3v) is 2.86. The van der Waals surface area contributed by atoms with Crippen molar-refractivity contribution in [1.82, 2.24) is 4.57 Å². The molecule has 0 aliphatic heterocycles. The summed E-state index contributed by atoms with van der Waals surface area (Å²) in [5.74, 6) is 0. The van der Waals surface area contributed by atoms with Crippen LogP contribution in [0.2, 0.25) is 0 Å². The number of nitrogens with zero attached hydrogens (tertiary/aromatic N) is 1. The third kappa shape index (κ3) is 4.63. The van der Waals surface area contributed by atoms with Gasteiger partial charge in [-0.05, 0) is 38.5 Å². The van der Waals surface area contributed by atoms with E-state index in [0.717, 1.165) is 11.3 Å². The van der Waals surface area contributed by atoms with Gasteiger partial charge in [-0.15, -0.1) is 0 Å². The molecule has 110 valence electrons. The number of aromatic nitrogens is 1. The van der Waals surface area contributed by atoms with Gasteiger partial charge in [0.15, 0.2) is 0 Å². The fourth-order valence-electron chi connectivity index (χ4n) is 1.95. The van der Waals surface area contributed by atoms with Gasteiger partial charge in [-0.1, -0.05) is 42.5 Å². The van der Waals surface area contributed by atoms with E-state index in [9.17, 15) is 4.79 Å². The number of rotatable bonds is 3. The summed E-state index contributed by atoms with van der Waals surface area (Å²) < 4.78 is 6.94. The number of carbonyl (C=O) groups is 1. The molecule has 0 atom stereocenters. The van der Waals surface area contributed by atoms with Gasteiger partial charge in [0.1, 0.15) is 5.60 Å². The van der Waals surface area contributed by atoms with E-state index in [0.29, 0.717) is 6.42 Å². The maximum atomic E-state index is 12.1. The summed E-state index contributed by atoms with van der Waals surface area (Å²) >= 11 is 0. The lowest BCUT2D eigenvalue weighted by molar-refractivity contribution is 0.0533. The second-order valence-electron chi connectivity index (χ2n) is 5.87. The average Bonchev–Trinajstić information content (AvgIpc) is 2.86. The van der Waals surface area contributed by atoms with Crippen LogP contribution in [0.3, 0.4) is 0 Å². The molecule has 1 heterocycles. The topological polar surface area (TPSA) is 31.2 Å². The van der Waals surface area contributed by atoms with Crippen molar-refractivity contribution in [2.45, 2.75) is 32.8 Å². The van der Waals surface area contributed by atoms with E-state index >= 15 is 0 Å². The highest BCUT2D eigenvalue weighted by atomic mass is 16.6. The van der Waals surface area contributed by atoms with Gasteiger partial charge in [-0.25, -0.2) is 4.79 Å². The molecule has 0 fully saturated rings. The second-order valence-corrected chi connectivity index (χ2v) is 5.87. The standard InChI is InChI=1S/C18H21NO2/c1-18(2,3)21-17(20)19-14-8-13-16(19)12-7-11-15-9-5-4-6-10-15/h4-11,13-14H,12H2,1-3H3/b11-7+. The fraction of sp³-hybridized carbons (Fsp3) is 0.278. The molecular weight excluding hydrogens is 262 g/mol. The van der Waals surface area contributed by atoms with Crippen molar-refractivity contribution in [2.24, 2.45) is 0 Å². The molecule has 1 aromatic carbocycles. The Kier molecular flexibility index (Phi) is 4.63. The first-order valence-electron chi connectivity index (χ1n) is 7.07. The van der Waals surface area contributed by atoms with Gasteiger partial charge < -0.3 is 4.74 Å². The molecule has 2 aromatic rings. The number of benzene rings is 1. The fourth-order valence-corrected chi connectivity index (χ4v) is 1.95. The predicted molar refractivity (Wildman–Crippen MR) is 85.2 cm³/mol. The highest BCUT2D eigenvalue weighted by molar-refractivity contribution is 5.72. The minimum absolute atomic E-state index is 0.337. The molecule has 1 aromatic heterocycles. The summed E-state index contributed by atoms with van der Waals surface area (Å²) in [7, 11) is 0. The molecule has 0 saturated heterocycles. The molecule has 0 bridgehead atoms. The summed E-state index contributed by atoms with van der Waals surface area (Å²) in [6, 6.07) is 13.9. The maximum Gasteiger partial charge on any atom is 0.418 e. The van der Waals surface area contributed by atoms with Crippen LogP contribution in [0.4, 0.5) is 4.79 Å². The van der Waals surface area contributed by atoms with Gasteiger partial charge in [0.05, 0.1) is 0 Å². The average molecular weight is 283 g/mol. The lowest BCUT2D eigenvalue weighted by Crippen LogP contribution is -2.27. The number of hydrogen-bond acceptors (Lipinski definition) is 2. The van der Waals surface area contributed by atoms with Crippen molar-refractivity contribution in [3.63, 3.8) is 0 Å². The Morgan fingerprint density at radius 1 is 1.14 bits per heavy atom. The van der Waals surface area contributed by atoms with Crippen molar-refractivity contribution < 1.29 is 9.53 Å². The number of allylic oxidation sites excluding steroid dienone is 1. The molecule has 0 saturated carbocycles. The molecule has 0 aliphatic carbocycles. The molecule has 0 amide bonds. The van der Waals surface area contributed by atoms with E-state index in [-0.39, 0.29) is 6.09 Å². The van der Waals surface area contributed by atoms with Crippen molar-refractivity contribution in [3.8, 4) is 0 Å². The van der Waals surface area contributed by atoms with Gasteiger partial charge in [0, 0.05) is 18.3 Å². The quantitative estimate of drug-likeness (QED) is 0.829. The van der Waals surface area contributed by atoms with Crippen LogP contribution in [0.15, 0.2) is 54.7 Å². The molecular formula is C18H21NO2. The Labute approximate surface area is 125 Å². The smallest absolute Gasteiger partial charge is 0.418 e. The van der Waals surface area contributed by atoms with Crippen molar-refractivity contribution in [3.05, 3.63) is 66.0 Å². The molecule has 0 radical (unpaired) electrons. The monoisotopic (exact) mass is 283 g/mol. The zero-order chi connectivity index (χ0) is 15.3. The maximum absolute atomic E-state index is 12.1. The normalized spacial score (nSPS) is 11.8. The van der Waals surface area contributed by atoms with Crippen molar-refractivity contribution >= 4 is 12.2 Å². The van der Waals surface area contributed by atoms with Crippen LogP contribution < -0.4 is 0 Å². The largest absolute Gasteiger partial charge is 0.443 e. The van der Waals surface area contributed by atoms with Crippen LogP contribution >= 0.6 is 0 Å². The first-order chi connectivity index (χ1) is 9.96. The van der Waals surface area contributed by atoms with Gasteiger partial charge in [-0.3, -0.25) is 4.57 Å². The first kappa shape index (κ1) is 15.1. The Hall–Kier alpha value is -2.29. The molecule has 0 unspecified atom stereocenters. The molecule has 21 heavy (non-hydrogen) atoms. The van der Waals surface area contributed by atoms with E-state index < -0.39 is 5.60 Å². The SMILES string of the molecule is CC(C)(C)OC(=O)n1cccc1C/C=C/c1ccccc1. The van der Waals surface area contributed by atoms with Gasteiger partial charge in [-0.2, -0.15) is 0 Å². The highest BCUT2D eigenvalue weighted by Gasteiger charge is 2.18. The summed E-state index contributed by atoms with van der Waals surface area (Å²) in [5.41, 5.74) is 1.57. The number of ether oxygens (including phenoxy) is 1. The van der Waals surface area contributed by atoms with E-state index in [4.69, 9.17) is 4.74 Å². The van der Waals surface area contributed by atoms with Crippen LogP contribution in [-0.2, 0) is 11.2 Å². The summed E-state index contributed by atoms with van der Waals surface area (Å²) in [6.45, 7) is 5.59. The molecule has 3 heteroatoms. The molecule has 0 spiro atoms. The number of hydrogen-bond donors (Lipinski definition) is 0. The Morgan fingerprint density at radius 2 is 1.86 bits per heavy atom. The van der Waals surface area contributed by atoms with E-state index in [1.807, 2.05) is 75.4 Å². The summed E-state index contributed by atoms with van der Waals surface area (Å²) in [6.07, 6.45) is 6.18. The van der Waals surface area contributed by atoms with Crippen LogP contribution in [0.5, 0.6) is 0 Å². The minimum atomic E-state index is -0.488. The van der Waals surface area contributed by atoms with Crippen LogP contribution in [0.1, 0.15) is 32.0 Å². The van der Waals surface area contributed by atoms with Crippen LogP contribution in [0, 0.1) is 0 Å². The van der Waals surface area contributed by atoms with Gasteiger partial charge >= 0.3 is 6.09 Å². The zero-order valence-corrected chi connectivity index (χ0v) is 12.7. The Morgan fingerprint density at radius 3 is 2.52 bits per heavy atom. The zero-order valence-electron chi connectivity index (χ0n) is 12.7.